The Morgan fingerprint density at radius 2 is 1.81 bits per heavy atom. The molecule has 4 heterocycles. The predicted molar refractivity (Wildman–Crippen MR) is 108 cm³/mol. The van der Waals surface area contributed by atoms with Crippen LogP contribution in [0.5, 0.6) is 5.88 Å². The maximum Gasteiger partial charge on any atom is 0.201 e. The molecule has 132 valence electrons. The second-order valence-electron chi connectivity index (χ2n) is 6.33. The van der Waals surface area contributed by atoms with Gasteiger partial charge in [0.2, 0.25) is 5.88 Å². The topological polar surface area (TPSA) is 63.8 Å². The average molecular weight is 372 g/mol. The van der Waals surface area contributed by atoms with Crippen molar-refractivity contribution in [2.75, 3.05) is 0 Å². The van der Waals surface area contributed by atoms with E-state index in [1.54, 1.807) is 29.9 Å². The van der Waals surface area contributed by atoms with E-state index in [4.69, 9.17) is 0 Å². The maximum atomic E-state index is 10.8. The van der Waals surface area contributed by atoms with Crippen LogP contribution in [-0.4, -0.2) is 24.6 Å². The fourth-order valence-corrected chi connectivity index (χ4v) is 4.30. The van der Waals surface area contributed by atoms with Crippen molar-refractivity contribution >= 4 is 32.5 Å². The molecule has 0 bridgehead atoms. The number of aromatic nitrogens is 4. The lowest BCUT2D eigenvalue weighted by Gasteiger charge is -2.05. The molecule has 1 N–H and O–H groups in total. The van der Waals surface area contributed by atoms with Gasteiger partial charge in [-0.2, -0.15) is 0 Å². The quantitative estimate of drug-likeness (QED) is 0.498. The molecule has 0 atom stereocenters. The summed E-state index contributed by atoms with van der Waals surface area (Å²) in [6, 6.07) is 13.9. The number of aryl methyl sites for hydroxylation is 2. The third kappa shape index (κ3) is 2.84. The molecule has 0 amide bonds. The first-order chi connectivity index (χ1) is 13.3. The molecule has 0 saturated carbocycles. The van der Waals surface area contributed by atoms with Gasteiger partial charge in [-0.25, -0.2) is 4.98 Å². The Kier molecular flexibility index (Phi) is 3.83. The molecule has 4 aromatic heterocycles. The number of rotatable bonds is 4. The smallest absolute Gasteiger partial charge is 0.201 e. The number of pyridine rings is 2. The monoisotopic (exact) mass is 372 g/mol. The van der Waals surface area contributed by atoms with E-state index < -0.39 is 0 Å². The van der Waals surface area contributed by atoms with Crippen molar-refractivity contribution in [2.45, 2.75) is 13.0 Å². The summed E-state index contributed by atoms with van der Waals surface area (Å²) in [5.41, 5.74) is 3.78. The van der Waals surface area contributed by atoms with E-state index in [-0.39, 0.29) is 5.88 Å². The SMILES string of the molecule is Oc1c2c(-c3ccncc3)ccnc2cn1CCc1nc2ccccc2s1. The molecule has 5 rings (SSSR count). The van der Waals surface area contributed by atoms with E-state index >= 15 is 0 Å². The van der Waals surface area contributed by atoms with Crippen LogP contribution in [0.1, 0.15) is 5.01 Å². The molecule has 5 nitrogen and oxygen atoms in total. The summed E-state index contributed by atoms with van der Waals surface area (Å²) in [4.78, 5) is 13.2. The van der Waals surface area contributed by atoms with E-state index in [1.165, 1.54) is 4.70 Å². The summed E-state index contributed by atoms with van der Waals surface area (Å²) in [5, 5.41) is 12.7. The summed E-state index contributed by atoms with van der Waals surface area (Å²) >= 11 is 1.70. The fraction of sp³-hybridized carbons (Fsp3) is 0.0952. The highest BCUT2D eigenvalue weighted by Gasteiger charge is 2.15. The van der Waals surface area contributed by atoms with E-state index in [0.29, 0.717) is 6.54 Å². The van der Waals surface area contributed by atoms with E-state index in [9.17, 15) is 5.11 Å². The number of fused-ring (bicyclic) bond motifs is 2. The third-order valence-corrected chi connectivity index (χ3v) is 5.75. The molecule has 0 spiro atoms. The summed E-state index contributed by atoms with van der Waals surface area (Å²) < 4.78 is 3.05. The Bertz CT molecular complexity index is 1210. The number of hydrogen-bond acceptors (Lipinski definition) is 5. The number of thiazole rings is 1. The van der Waals surface area contributed by atoms with Crippen molar-refractivity contribution in [3.8, 4) is 17.0 Å². The highest BCUT2D eigenvalue weighted by atomic mass is 32.1. The van der Waals surface area contributed by atoms with Gasteiger partial charge in [0, 0.05) is 37.8 Å². The van der Waals surface area contributed by atoms with Gasteiger partial charge in [0.05, 0.1) is 26.1 Å². The standard InChI is InChI=1S/C21H16N4OS/c26-21-20-15(14-5-9-22-10-6-14)7-11-23-17(20)13-25(21)12-8-19-24-16-3-1-2-4-18(16)27-19/h1-7,9-11,13,26H,8,12H2. The van der Waals surface area contributed by atoms with Crippen molar-refractivity contribution in [2.24, 2.45) is 0 Å². The van der Waals surface area contributed by atoms with Crippen LogP contribution >= 0.6 is 11.3 Å². The van der Waals surface area contributed by atoms with Gasteiger partial charge >= 0.3 is 0 Å². The Morgan fingerprint density at radius 3 is 2.67 bits per heavy atom. The van der Waals surface area contributed by atoms with Gasteiger partial charge in [-0.05, 0) is 41.5 Å². The van der Waals surface area contributed by atoms with Crippen molar-refractivity contribution in [1.82, 2.24) is 19.5 Å². The fourth-order valence-electron chi connectivity index (χ4n) is 3.35. The van der Waals surface area contributed by atoms with Crippen LogP contribution in [-0.2, 0) is 13.0 Å². The third-order valence-electron chi connectivity index (χ3n) is 4.65. The first kappa shape index (κ1) is 16.0. The van der Waals surface area contributed by atoms with Gasteiger partial charge < -0.3 is 9.67 Å². The number of para-hydroxylation sites is 1. The molecule has 6 heteroatoms. The Morgan fingerprint density at radius 1 is 0.963 bits per heavy atom. The molecule has 0 fully saturated rings. The van der Waals surface area contributed by atoms with Gasteiger partial charge in [0.1, 0.15) is 0 Å². The molecular weight excluding hydrogens is 356 g/mol. The highest BCUT2D eigenvalue weighted by molar-refractivity contribution is 7.18. The van der Waals surface area contributed by atoms with Crippen LogP contribution in [0.25, 0.3) is 32.2 Å². The predicted octanol–water partition coefficient (Wildman–Crippen LogP) is 4.66. The normalized spacial score (nSPS) is 11.4. The zero-order chi connectivity index (χ0) is 18.2. The Balaban J connectivity index is 1.50. The Hall–Kier alpha value is -3.25. The zero-order valence-corrected chi connectivity index (χ0v) is 15.2. The lowest BCUT2D eigenvalue weighted by molar-refractivity contribution is 0.422. The van der Waals surface area contributed by atoms with E-state index in [2.05, 4.69) is 21.0 Å². The molecular formula is C21H16N4OS. The summed E-state index contributed by atoms with van der Waals surface area (Å²) in [7, 11) is 0. The second-order valence-corrected chi connectivity index (χ2v) is 7.44. The largest absolute Gasteiger partial charge is 0.494 e. The van der Waals surface area contributed by atoms with Crippen molar-refractivity contribution < 1.29 is 5.11 Å². The minimum atomic E-state index is 0.242. The summed E-state index contributed by atoms with van der Waals surface area (Å²) in [5.74, 6) is 0.242. The Labute approximate surface area is 159 Å². The van der Waals surface area contributed by atoms with Crippen LogP contribution in [0.4, 0.5) is 0 Å². The second kappa shape index (κ2) is 6.48. The molecule has 1 aromatic carbocycles. The van der Waals surface area contributed by atoms with Crippen molar-refractivity contribution in [3.63, 3.8) is 0 Å². The molecule has 0 aliphatic rings. The summed E-state index contributed by atoms with van der Waals surface area (Å²) in [6.45, 7) is 0.651. The molecule has 27 heavy (non-hydrogen) atoms. The number of aromatic hydroxyl groups is 1. The highest BCUT2D eigenvalue weighted by Crippen LogP contribution is 2.35. The van der Waals surface area contributed by atoms with Crippen LogP contribution in [0, 0.1) is 0 Å². The van der Waals surface area contributed by atoms with Gasteiger partial charge in [-0.1, -0.05) is 12.1 Å². The first-order valence-electron chi connectivity index (χ1n) is 8.71. The molecule has 0 aliphatic heterocycles. The van der Waals surface area contributed by atoms with Crippen molar-refractivity contribution in [3.05, 3.63) is 72.3 Å². The number of benzene rings is 1. The zero-order valence-electron chi connectivity index (χ0n) is 14.4. The first-order valence-corrected chi connectivity index (χ1v) is 9.53. The molecule has 0 aliphatic carbocycles. The molecule has 0 saturated heterocycles. The minimum Gasteiger partial charge on any atom is -0.494 e. The van der Waals surface area contributed by atoms with Gasteiger partial charge in [0.15, 0.2) is 0 Å². The number of hydrogen-bond donors (Lipinski definition) is 1. The van der Waals surface area contributed by atoms with Crippen LogP contribution in [0.15, 0.2) is 67.3 Å². The lowest BCUT2D eigenvalue weighted by atomic mass is 10.1. The van der Waals surface area contributed by atoms with E-state index in [1.807, 2.05) is 47.2 Å². The van der Waals surface area contributed by atoms with Crippen LogP contribution < -0.4 is 0 Å². The lowest BCUT2D eigenvalue weighted by Crippen LogP contribution is -1.98. The van der Waals surface area contributed by atoms with Gasteiger partial charge in [-0.3, -0.25) is 9.97 Å². The molecule has 0 radical (unpaired) electrons. The average Bonchev–Trinajstić information content (AvgIpc) is 3.27. The van der Waals surface area contributed by atoms with Gasteiger partial charge in [0.25, 0.3) is 0 Å². The van der Waals surface area contributed by atoms with Gasteiger partial charge in [-0.15, -0.1) is 11.3 Å². The molecule has 5 aromatic rings. The van der Waals surface area contributed by atoms with Crippen molar-refractivity contribution in [1.29, 1.82) is 0 Å². The molecule has 0 unspecified atom stereocenters. The summed E-state index contributed by atoms with van der Waals surface area (Å²) in [6.07, 6.45) is 7.95. The maximum absolute atomic E-state index is 10.8. The van der Waals surface area contributed by atoms with E-state index in [0.717, 1.165) is 39.0 Å². The van der Waals surface area contributed by atoms with Crippen LogP contribution in [0.2, 0.25) is 0 Å². The van der Waals surface area contributed by atoms with Crippen LogP contribution in [0.3, 0.4) is 0 Å². The minimum absolute atomic E-state index is 0.242. The number of nitrogens with zero attached hydrogens (tertiary/aromatic N) is 4.